The quantitative estimate of drug-likeness (QED) is 0.866. The van der Waals surface area contributed by atoms with Gasteiger partial charge in [0.15, 0.2) is 0 Å². The second-order valence-electron chi connectivity index (χ2n) is 5.38. The number of likely N-dealkylation sites (N-methyl/N-ethyl adjacent to an activating group) is 1. The zero-order chi connectivity index (χ0) is 13.9. The van der Waals surface area contributed by atoms with Crippen LogP contribution in [0.4, 0.5) is 0 Å². The van der Waals surface area contributed by atoms with Crippen molar-refractivity contribution in [3.05, 3.63) is 47.2 Å². The molecular formula is C17H19N3. The standard InChI is InChI=1S/C17H19N3/c1-2-20-7-3-4-14(12-20)8-15-11-19-17-6-5-13(10-18)9-16(15)17/h4-6,9,11,19H,2-3,7-8,12H2,1H3. The molecule has 0 fully saturated rings. The number of nitrogens with zero attached hydrogens (tertiary/aromatic N) is 2. The lowest BCUT2D eigenvalue weighted by Crippen LogP contribution is -2.30. The molecule has 0 bridgehead atoms. The molecule has 0 amide bonds. The Kier molecular flexibility index (Phi) is 3.58. The molecule has 1 aliphatic rings. The van der Waals surface area contributed by atoms with Gasteiger partial charge in [0.2, 0.25) is 0 Å². The van der Waals surface area contributed by atoms with Gasteiger partial charge in [0, 0.05) is 30.2 Å². The Labute approximate surface area is 119 Å². The number of aromatic amines is 1. The minimum atomic E-state index is 0.728. The highest BCUT2D eigenvalue weighted by Gasteiger charge is 2.13. The maximum Gasteiger partial charge on any atom is 0.0991 e. The van der Waals surface area contributed by atoms with E-state index in [1.807, 2.05) is 18.2 Å². The summed E-state index contributed by atoms with van der Waals surface area (Å²) in [6.07, 6.45) is 6.58. The van der Waals surface area contributed by atoms with Gasteiger partial charge in [-0.25, -0.2) is 0 Å². The van der Waals surface area contributed by atoms with E-state index in [-0.39, 0.29) is 0 Å². The van der Waals surface area contributed by atoms with Gasteiger partial charge in [-0.2, -0.15) is 5.26 Å². The third kappa shape index (κ3) is 2.48. The molecule has 1 aromatic carbocycles. The van der Waals surface area contributed by atoms with E-state index in [0.717, 1.165) is 37.0 Å². The molecule has 2 heterocycles. The summed E-state index contributed by atoms with van der Waals surface area (Å²) < 4.78 is 0. The van der Waals surface area contributed by atoms with Gasteiger partial charge in [0.05, 0.1) is 11.6 Å². The number of nitriles is 1. The second kappa shape index (κ2) is 5.52. The van der Waals surface area contributed by atoms with E-state index >= 15 is 0 Å². The van der Waals surface area contributed by atoms with Crippen LogP contribution in [0.25, 0.3) is 10.9 Å². The average molecular weight is 265 g/mol. The number of nitrogens with one attached hydrogen (secondary N) is 1. The van der Waals surface area contributed by atoms with E-state index in [1.165, 1.54) is 23.1 Å². The molecule has 0 saturated carbocycles. The molecule has 1 aliphatic heterocycles. The van der Waals surface area contributed by atoms with E-state index in [1.54, 1.807) is 0 Å². The molecule has 0 radical (unpaired) electrons. The van der Waals surface area contributed by atoms with E-state index < -0.39 is 0 Å². The Morgan fingerprint density at radius 3 is 3.10 bits per heavy atom. The SMILES string of the molecule is CCN1CCC=C(Cc2c[nH]c3ccc(C#N)cc23)C1. The van der Waals surface area contributed by atoms with Gasteiger partial charge in [0.25, 0.3) is 0 Å². The van der Waals surface area contributed by atoms with Crippen LogP contribution in [0.5, 0.6) is 0 Å². The molecule has 1 N–H and O–H groups in total. The predicted octanol–water partition coefficient (Wildman–Crippen LogP) is 3.23. The van der Waals surface area contributed by atoms with Gasteiger partial charge < -0.3 is 4.98 Å². The Morgan fingerprint density at radius 1 is 1.40 bits per heavy atom. The molecule has 20 heavy (non-hydrogen) atoms. The van der Waals surface area contributed by atoms with Crippen LogP contribution < -0.4 is 0 Å². The normalized spacial score (nSPS) is 16.1. The van der Waals surface area contributed by atoms with E-state index in [2.05, 4.69) is 35.1 Å². The molecule has 3 heteroatoms. The summed E-state index contributed by atoms with van der Waals surface area (Å²) in [4.78, 5) is 5.78. The van der Waals surface area contributed by atoms with E-state index in [4.69, 9.17) is 5.26 Å². The fourth-order valence-electron chi connectivity index (χ4n) is 2.92. The van der Waals surface area contributed by atoms with Crippen LogP contribution in [0.2, 0.25) is 0 Å². The lowest BCUT2D eigenvalue weighted by atomic mass is 10.00. The van der Waals surface area contributed by atoms with Crippen LogP contribution in [0.3, 0.4) is 0 Å². The molecule has 0 saturated heterocycles. The van der Waals surface area contributed by atoms with Gasteiger partial charge in [-0.15, -0.1) is 0 Å². The number of aromatic nitrogens is 1. The number of hydrogen-bond donors (Lipinski definition) is 1. The number of benzene rings is 1. The predicted molar refractivity (Wildman–Crippen MR) is 81.5 cm³/mol. The average Bonchev–Trinajstić information content (AvgIpc) is 2.89. The van der Waals surface area contributed by atoms with Crippen LogP contribution in [0, 0.1) is 11.3 Å². The Balaban J connectivity index is 1.88. The summed E-state index contributed by atoms with van der Waals surface area (Å²) in [6, 6.07) is 8.06. The number of rotatable bonds is 3. The van der Waals surface area contributed by atoms with E-state index in [9.17, 15) is 0 Å². The summed E-state index contributed by atoms with van der Waals surface area (Å²) in [5.74, 6) is 0. The van der Waals surface area contributed by atoms with Crippen molar-refractivity contribution >= 4 is 10.9 Å². The molecule has 3 nitrogen and oxygen atoms in total. The van der Waals surface area contributed by atoms with Crippen molar-refractivity contribution in [2.24, 2.45) is 0 Å². The minimum absolute atomic E-state index is 0.728. The topological polar surface area (TPSA) is 42.8 Å². The zero-order valence-electron chi connectivity index (χ0n) is 11.8. The van der Waals surface area contributed by atoms with E-state index in [0.29, 0.717) is 0 Å². The molecule has 102 valence electrons. The molecule has 0 spiro atoms. The maximum atomic E-state index is 9.04. The highest BCUT2D eigenvalue weighted by atomic mass is 15.1. The molecule has 0 atom stereocenters. The lowest BCUT2D eigenvalue weighted by Gasteiger charge is -2.25. The van der Waals surface area contributed by atoms with Crippen molar-refractivity contribution in [3.63, 3.8) is 0 Å². The van der Waals surface area contributed by atoms with Crippen molar-refractivity contribution in [3.8, 4) is 6.07 Å². The summed E-state index contributed by atoms with van der Waals surface area (Å²) in [5.41, 5.74) is 4.62. The third-order valence-electron chi connectivity index (χ3n) is 4.07. The number of hydrogen-bond acceptors (Lipinski definition) is 2. The molecule has 3 rings (SSSR count). The van der Waals surface area contributed by atoms with Gasteiger partial charge in [-0.3, -0.25) is 4.90 Å². The van der Waals surface area contributed by atoms with Crippen LogP contribution in [0.1, 0.15) is 24.5 Å². The Bertz CT molecular complexity index is 688. The lowest BCUT2D eigenvalue weighted by molar-refractivity contribution is 0.304. The van der Waals surface area contributed by atoms with Crippen molar-refractivity contribution in [1.82, 2.24) is 9.88 Å². The molecule has 0 aliphatic carbocycles. The van der Waals surface area contributed by atoms with Gasteiger partial charge in [-0.05, 0) is 43.1 Å². The summed E-state index contributed by atoms with van der Waals surface area (Å²) >= 11 is 0. The first kappa shape index (κ1) is 13.0. The summed E-state index contributed by atoms with van der Waals surface area (Å²) in [6.45, 7) is 5.57. The first-order valence-corrected chi connectivity index (χ1v) is 7.20. The van der Waals surface area contributed by atoms with Gasteiger partial charge in [-0.1, -0.05) is 18.6 Å². The number of fused-ring (bicyclic) bond motifs is 1. The largest absolute Gasteiger partial charge is 0.361 e. The summed E-state index contributed by atoms with van der Waals surface area (Å²) in [7, 11) is 0. The van der Waals surface area contributed by atoms with Crippen LogP contribution in [-0.2, 0) is 6.42 Å². The Morgan fingerprint density at radius 2 is 2.30 bits per heavy atom. The van der Waals surface area contributed by atoms with Crippen molar-refractivity contribution in [2.45, 2.75) is 19.8 Å². The van der Waals surface area contributed by atoms with Gasteiger partial charge >= 0.3 is 0 Å². The second-order valence-corrected chi connectivity index (χ2v) is 5.38. The monoisotopic (exact) mass is 265 g/mol. The van der Waals surface area contributed by atoms with Crippen LogP contribution in [0.15, 0.2) is 36.0 Å². The van der Waals surface area contributed by atoms with Crippen molar-refractivity contribution < 1.29 is 0 Å². The minimum Gasteiger partial charge on any atom is -0.361 e. The smallest absolute Gasteiger partial charge is 0.0991 e. The van der Waals surface area contributed by atoms with Crippen molar-refractivity contribution in [1.29, 1.82) is 5.26 Å². The van der Waals surface area contributed by atoms with Crippen LogP contribution in [-0.4, -0.2) is 29.5 Å². The highest BCUT2D eigenvalue weighted by Crippen LogP contribution is 2.23. The summed E-state index contributed by atoms with van der Waals surface area (Å²) in [5, 5.41) is 10.2. The Hall–Kier alpha value is -2.05. The van der Waals surface area contributed by atoms with Crippen LogP contribution >= 0.6 is 0 Å². The zero-order valence-corrected chi connectivity index (χ0v) is 11.8. The number of H-pyrrole nitrogens is 1. The van der Waals surface area contributed by atoms with Gasteiger partial charge in [0.1, 0.15) is 0 Å². The highest BCUT2D eigenvalue weighted by molar-refractivity contribution is 5.84. The fourth-order valence-corrected chi connectivity index (χ4v) is 2.92. The first-order valence-electron chi connectivity index (χ1n) is 7.20. The first-order chi connectivity index (χ1) is 9.80. The molecule has 1 aromatic heterocycles. The maximum absolute atomic E-state index is 9.04. The molecular weight excluding hydrogens is 246 g/mol. The molecule has 0 unspecified atom stereocenters. The third-order valence-corrected chi connectivity index (χ3v) is 4.07. The van der Waals surface area contributed by atoms with Crippen molar-refractivity contribution in [2.75, 3.05) is 19.6 Å². The fraction of sp³-hybridized carbons (Fsp3) is 0.353. The molecule has 2 aromatic rings.